The number of nitrogens with two attached hydrogens (primary N) is 1. The topological polar surface area (TPSA) is 158 Å². The Labute approximate surface area is 139 Å². The number of aryl methyl sites for hydroxylation is 1. The predicted octanol–water partition coefficient (Wildman–Crippen LogP) is -0.255. The van der Waals surface area contributed by atoms with Gasteiger partial charge in [0.25, 0.3) is 5.89 Å². The summed E-state index contributed by atoms with van der Waals surface area (Å²) in [6.07, 6.45) is -3.17. The van der Waals surface area contributed by atoms with Gasteiger partial charge in [-0.1, -0.05) is 5.16 Å². The van der Waals surface area contributed by atoms with Crippen LogP contribution in [0.2, 0.25) is 5.28 Å². The first-order chi connectivity index (χ1) is 11.5. The van der Waals surface area contributed by atoms with Gasteiger partial charge in [0.05, 0.1) is 6.33 Å². The summed E-state index contributed by atoms with van der Waals surface area (Å²) >= 11 is 5.82. The molecule has 1 aliphatic heterocycles. The molecule has 3 aromatic rings. The van der Waals surface area contributed by atoms with Gasteiger partial charge < -0.3 is 25.2 Å². The summed E-state index contributed by atoms with van der Waals surface area (Å²) in [6.45, 7) is 1.63. The van der Waals surface area contributed by atoms with Gasteiger partial charge in [-0.2, -0.15) is 15.0 Å². The highest BCUT2D eigenvalue weighted by Crippen LogP contribution is 2.39. The molecule has 0 amide bonds. The zero-order valence-corrected chi connectivity index (χ0v) is 13.0. The van der Waals surface area contributed by atoms with Crippen LogP contribution < -0.4 is 5.73 Å². The van der Waals surface area contributed by atoms with Crippen LogP contribution in [0.3, 0.4) is 0 Å². The number of nitrogen functional groups attached to an aromatic ring is 1. The summed E-state index contributed by atoms with van der Waals surface area (Å²) in [5.41, 5.74) is 6.33. The molecule has 4 heterocycles. The van der Waals surface area contributed by atoms with E-state index in [9.17, 15) is 10.2 Å². The lowest BCUT2D eigenvalue weighted by Crippen LogP contribution is -2.29. The number of rotatable bonds is 2. The van der Waals surface area contributed by atoms with Crippen LogP contribution in [0.4, 0.5) is 5.82 Å². The van der Waals surface area contributed by atoms with E-state index in [1.54, 1.807) is 6.92 Å². The van der Waals surface area contributed by atoms with E-state index in [-0.39, 0.29) is 22.6 Å². The molecule has 12 heteroatoms. The molecule has 11 nitrogen and oxygen atoms in total. The van der Waals surface area contributed by atoms with Crippen molar-refractivity contribution in [2.45, 2.75) is 31.5 Å². The van der Waals surface area contributed by atoms with Crippen molar-refractivity contribution in [3.8, 4) is 0 Å². The molecule has 1 saturated heterocycles. The number of imidazole rings is 1. The Kier molecular flexibility index (Phi) is 3.38. The standard InChI is InChI=1S/C12H12ClN7O4/c1-3-16-10(24-19-3)7-5(21)6(22)11(23-7)20-2-15-4-8(14)17-12(13)18-9(4)20/h2,5-7,11,21-22H,1H3,(H2,14,17,18)/t5-,6+,7-,11+/m0/s1. The van der Waals surface area contributed by atoms with Crippen molar-refractivity contribution >= 4 is 28.6 Å². The Bertz CT molecular complexity index is 912. The smallest absolute Gasteiger partial charge is 0.258 e. The minimum atomic E-state index is -1.28. The molecule has 0 radical (unpaired) electrons. The predicted molar refractivity (Wildman–Crippen MR) is 78.7 cm³/mol. The Morgan fingerprint density at radius 1 is 1.25 bits per heavy atom. The highest BCUT2D eigenvalue weighted by Gasteiger charge is 2.47. The molecule has 3 aromatic heterocycles. The van der Waals surface area contributed by atoms with E-state index < -0.39 is 24.5 Å². The zero-order valence-electron chi connectivity index (χ0n) is 12.2. The number of aromatic nitrogens is 6. The number of hydrogen-bond donors (Lipinski definition) is 3. The van der Waals surface area contributed by atoms with E-state index in [4.69, 9.17) is 26.6 Å². The number of fused-ring (bicyclic) bond motifs is 1. The second kappa shape index (κ2) is 5.34. The SMILES string of the molecule is Cc1noc([C@H]2O[C@@H](n3cnc4c(N)nc(Cl)nc43)[C@H](O)[C@@H]2O)n1. The van der Waals surface area contributed by atoms with Gasteiger partial charge in [-0.05, 0) is 18.5 Å². The molecule has 0 saturated carbocycles. The molecule has 1 fully saturated rings. The molecule has 0 bridgehead atoms. The number of nitrogens with zero attached hydrogens (tertiary/aromatic N) is 6. The minimum Gasteiger partial charge on any atom is -0.387 e. The van der Waals surface area contributed by atoms with Crippen LogP contribution in [-0.4, -0.2) is 52.1 Å². The molecule has 0 aliphatic carbocycles. The normalized spacial score (nSPS) is 27.2. The largest absolute Gasteiger partial charge is 0.387 e. The van der Waals surface area contributed by atoms with Crippen LogP contribution in [0.25, 0.3) is 11.2 Å². The lowest BCUT2D eigenvalue weighted by molar-refractivity contribution is -0.0451. The Hall–Kier alpha value is -2.34. The van der Waals surface area contributed by atoms with Crippen molar-refractivity contribution in [2.24, 2.45) is 0 Å². The van der Waals surface area contributed by atoms with E-state index in [0.717, 1.165) is 0 Å². The van der Waals surface area contributed by atoms with Crippen LogP contribution in [0, 0.1) is 6.92 Å². The van der Waals surface area contributed by atoms with Crippen LogP contribution in [0.1, 0.15) is 24.0 Å². The minimum absolute atomic E-state index is 0.0677. The van der Waals surface area contributed by atoms with Crippen LogP contribution in [-0.2, 0) is 4.74 Å². The summed E-state index contributed by atoms with van der Waals surface area (Å²) in [6, 6.07) is 0. The van der Waals surface area contributed by atoms with Crippen molar-refractivity contribution in [1.29, 1.82) is 0 Å². The summed E-state index contributed by atoms with van der Waals surface area (Å²) in [5.74, 6) is 0.554. The average Bonchev–Trinajstić information content (AvgIpc) is 3.20. The second-order valence-electron chi connectivity index (χ2n) is 5.31. The maximum atomic E-state index is 10.3. The first kappa shape index (κ1) is 15.2. The second-order valence-corrected chi connectivity index (χ2v) is 5.65. The summed E-state index contributed by atoms with van der Waals surface area (Å²) in [7, 11) is 0. The van der Waals surface area contributed by atoms with Gasteiger partial charge in [-0.3, -0.25) is 4.57 Å². The highest BCUT2D eigenvalue weighted by atomic mass is 35.5. The third-order valence-electron chi connectivity index (χ3n) is 3.72. The van der Waals surface area contributed by atoms with Crippen LogP contribution in [0.15, 0.2) is 10.9 Å². The third kappa shape index (κ3) is 2.21. The Morgan fingerprint density at radius 2 is 2.04 bits per heavy atom. The molecular formula is C12H12ClN7O4. The molecule has 4 atom stereocenters. The summed E-state index contributed by atoms with van der Waals surface area (Å²) < 4.78 is 12.1. The van der Waals surface area contributed by atoms with E-state index in [2.05, 4.69) is 25.1 Å². The number of aliphatic hydroxyl groups excluding tert-OH is 2. The number of aliphatic hydroxyl groups is 2. The van der Waals surface area contributed by atoms with Crippen molar-refractivity contribution in [3.63, 3.8) is 0 Å². The Balaban J connectivity index is 1.75. The van der Waals surface area contributed by atoms with E-state index in [1.165, 1.54) is 10.9 Å². The lowest BCUT2D eigenvalue weighted by atomic mass is 10.1. The van der Waals surface area contributed by atoms with Gasteiger partial charge in [-0.25, -0.2) is 4.98 Å². The lowest BCUT2D eigenvalue weighted by Gasteiger charge is -2.16. The monoisotopic (exact) mass is 353 g/mol. The van der Waals surface area contributed by atoms with Gasteiger partial charge in [0.1, 0.15) is 17.7 Å². The number of anilines is 1. The fraction of sp³-hybridized carbons (Fsp3) is 0.417. The van der Waals surface area contributed by atoms with Crippen molar-refractivity contribution < 1.29 is 19.5 Å². The Morgan fingerprint density at radius 3 is 2.75 bits per heavy atom. The number of ether oxygens (including phenoxy) is 1. The quantitative estimate of drug-likeness (QED) is 0.524. The zero-order chi connectivity index (χ0) is 17.0. The van der Waals surface area contributed by atoms with Crippen molar-refractivity contribution in [1.82, 2.24) is 29.7 Å². The van der Waals surface area contributed by atoms with Gasteiger partial charge in [0.15, 0.2) is 29.6 Å². The van der Waals surface area contributed by atoms with Gasteiger partial charge in [-0.15, -0.1) is 0 Å². The maximum absolute atomic E-state index is 10.3. The summed E-state index contributed by atoms with van der Waals surface area (Å²) in [4.78, 5) is 16.0. The molecule has 126 valence electrons. The first-order valence-electron chi connectivity index (χ1n) is 6.93. The number of hydrogen-bond acceptors (Lipinski definition) is 10. The van der Waals surface area contributed by atoms with E-state index in [1.807, 2.05) is 0 Å². The fourth-order valence-corrected chi connectivity index (χ4v) is 2.79. The molecule has 0 unspecified atom stereocenters. The molecule has 24 heavy (non-hydrogen) atoms. The van der Waals surface area contributed by atoms with Gasteiger partial charge >= 0.3 is 0 Å². The molecular weight excluding hydrogens is 342 g/mol. The van der Waals surface area contributed by atoms with Gasteiger partial charge in [0, 0.05) is 0 Å². The molecule has 0 aromatic carbocycles. The van der Waals surface area contributed by atoms with Gasteiger partial charge in [0.2, 0.25) is 5.28 Å². The molecule has 4 N–H and O–H groups in total. The molecule has 4 rings (SSSR count). The van der Waals surface area contributed by atoms with Crippen molar-refractivity contribution in [3.05, 3.63) is 23.3 Å². The third-order valence-corrected chi connectivity index (χ3v) is 3.89. The molecule has 1 aliphatic rings. The highest BCUT2D eigenvalue weighted by molar-refractivity contribution is 6.28. The van der Waals surface area contributed by atoms with E-state index in [0.29, 0.717) is 11.3 Å². The fourth-order valence-electron chi connectivity index (χ4n) is 2.62. The molecule has 0 spiro atoms. The van der Waals surface area contributed by atoms with E-state index >= 15 is 0 Å². The van der Waals surface area contributed by atoms with Crippen LogP contribution >= 0.6 is 11.6 Å². The average molecular weight is 354 g/mol. The number of halogens is 1. The summed E-state index contributed by atoms with van der Waals surface area (Å²) in [5, 5.41) is 24.2. The maximum Gasteiger partial charge on any atom is 0.258 e. The first-order valence-corrected chi connectivity index (χ1v) is 7.31. The van der Waals surface area contributed by atoms with Crippen LogP contribution in [0.5, 0.6) is 0 Å². The van der Waals surface area contributed by atoms with Crippen molar-refractivity contribution in [2.75, 3.05) is 5.73 Å².